The second kappa shape index (κ2) is 18.3. The number of anilines is 1. The summed E-state index contributed by atoms with van der Waals surface area (Å²) < 4.78 is 11.2. The predicted octanol–water partition coefficient (Wildman–Crippen LogP) is 6.64. The van der Waals surface area contributed by atoms with Crippen molar-refractivity contribution in [3.63, 3.8) is 0 Å². The molecule has 3 heterocycles. The molecule has 1 aliphatic carbocycles. The first kappa shape index (κ1) is 37.3. The van der Waals surface area contributed by atoms with Crippen molar-refractivity contribution in [2.24, 2.45) is 5.73 Å². The van der Waals surface area contributed by atoms with E-state index in [-0.39, 0.29) is 29.2 Å². The molecular weight excluding hydrogens is 661 g/mol. The SMILES string of the molecule is C/C=C\S.CO.COC(=O)c1nc(C(=O)NC2CCCC2)ccc1-c1cc2c(cc1C(=O)Nc1ccc(CN)cc1)-c1sccc1CCO2. The molecule has 6 rings (SSSR count). The van der Waals surface area contributed by atoms with Crippen LogP contribution in [0.15, 0.2) is 71.5 Å². The van der Waals surface area contributed by atoms with E-state index < -0.39 is 5.97 Å². The minimum Gasteiger partial charge on any atom is -0.493 e. The van der Waals surface area contributed by atoms with Gasteiger partial charge in [0.05, 0.1) is 13.7 Å². The summed E-state index contributed by atoms with van der Waals surface area (Å²) in [5.74, 6) is -0.845. The van der Waals surface area contributed by atoms with Crippen molar-refractivity contribution < 1.29 is 29.0 Å². The zero-order chi connectivity index (χ0) is 35.3. The number of thiol groups is 1. The minimum absolute atomic E-state index is 0.0618. The molecule has 1 saturated carbocycles. The normalized spacial score (nSPS) is 13.3. The number of aliphatic hydroxyl groups is 1. The van der Waals surface area contributed by atoms with E-state index in [0.717, 1.165) is 60.8 Å². The summed E-state index contributed by atoms with van der Waals surface area (Å²) >= 11 is 5.33. The number of aliphatic hydroxyl groups excluding tert-OH is 1. The van der Waals surface area contributed by atoms with Crippen LogP contribution < -0.4 is 21.1 Å². The zero-order valence-electron chi connectivity index (χ0n) is 27.8. The molecule has 0 atom stereocenters. The van der Waals surface area contributed by atoms with E-state index in [9.17, 15) is 14.4 Å². The molecule has 0 bridgehead atoms. The van der Waals surface area contributed by atoms with Gasteiger partial charge in [0.15, 0.2) is 5.69 Å². The van der Waals surface area contributed by atoms with E-state index in [2.05, 4.69) is 34.3 Å². The van der Waals surface area contributed by atoms with Crippen molar-refractivity contribution in [2.45, 2.75) is 51.6 Å². The highest BCUT2D eigenvalue weighted by molar-refractivity contribution is 7.83. The third kappa shape index (κ3) is 9.15. The van der Waals surface area contributed by atoms with Gasteiger partial charge in [-0.3, -0.25) is 9.59 Å². The Kier molecular flexibility index (Phi) is 14.0. The van der Waals surface area contributed by atoms with Crippen LogP contribution in [0.3, 0.4) is 0 Å². The monoisotopic (exact) mass is 702 g/mol. The number of hydrogen-bond acceptors (Lipinski definition) is 10. The molecule has 258 valence electrons. The number of methoxy groups -OCH3 is 1. The van der Waals surface area contributed by atoms with Crippen LogP contribution in [-0.2, 0) is 17.7 Å². The molecule has 2 amide bonds. The average Bonchev–Trinajstić information content (AvgIpc) is 3.81. The number of allylic oxidation sites excluding steroid dienone is 1. The lowest BCUT2D eigenvalue weighted by atomic mass is 9.93. The molecule has 4 aromatic rings. The molecule has 5 N–H and O–H groups in total. The number of nitrogens with one attached hydrogen (secondary N) is 2. The van der Waals surface area contributed by atoms with E-state index in [1.165, 1.54) is 7.11 Å². The van der Waals surface area contributed by atoms with Gasteiger partial charge in [-0.2, -0.15) is 12.6 Å². The van der Waals surface area contributed by atoms with Crippen molar-refractivity contribution in [2.75, 3.05) is 26.1 Å². The Balaban J connectivity index is 0.000000841. The number of nitrogens with two attached hydrogens (primary N) is 1. The van der Waals surface area contributed by atoms with Crippen molar-refractivity contribution in [3.05, 3.63) is 99.5 Å². The van der Waals surface area contributed by atoms with Crippen LogP contribution in [-0.4, -0.2) is 54.7 Å². The Morgan fingerprint density at radius 2 is 1.76 bits per heavy atom. The summed E-state index contributed by atoms with van der Waals surface area (Å²) in [6, 6.07) is 16.3. The van der Waals surface area contributed by atoms with Crippen LogP contribution in [0, 0.1) is 0 Å². The fourth-order valence-corrected chi connectivity index (χ4v) is 6.61. The highest BCUT2D eigenvalue weighted by Gasteiger charge is 2.27. The predicted molar refractivity (Wildman–Crippen MR) is 197 cm³/mol. The van der Waals surface area contributed by atoms with Crippen molar-refractivity contribution in [1.82, 2.24) is 10.3 Å². The molecule has 0 spiro atoms. The first-order valence-electron chi connectivity index (χ1n) is 15.9. The number of rotatable bonds is 7. The maximum atomic E-state index is 13.9. The van der Waals surface area contributed by atoms with Gasteiger partial charge in [-0.25, -0.2) is 9.78 Å². The molecule has 12 heteroatoms. The summed E-state index contributed by atoms with van der Waals surface area (Å²) in [5, 5.41) is 16.7. The fraction of sp³-hybridized carbons (Fsp3) is 0.297. The van der Waals surface area contributed by atoms with E-state index >= 15 is 0 Å². The second-order valence-electron chi connectivity index (χ2n) is 11.1. The summed E-state index contributed by atoms with van der Waals surface area (Å²) in [6.07, 6.45) is 6.57. The first-order chi connectivity index (χ1) is 23.9. The molecular formula is C37H42N4O6S2. The van der Waals surface area contributed by atoms with Crippen molar-refractivity contribution in [3.8, 4) is 27.3 Å². The van der Waals surface area contributed by atoms with Gasteiger partial charge in [-0.05, 0) is 84.1 Å². The number of fused-ring (bicyclic) bond motifs is 3. The molecule has 0 radical (unpaired) electrons. The molecule has 2 aliphatic rings. The highest BCUT2D eigenvalue weighted by Crippen LogP contribution is 2.43. The van der Waals surface area contributed by atoms with E-state index in [0.29, 0.717) is 41.3 Å². The number of amides is 2. The van der Waals surface area contributed by atoms with Gasteiger partial charge in [0.1, 0.15) is 11.4 Å². The zero-order valence-corrected chi connectivity index (χ0v) is 29.5. The number of esters is 1. The van der Waals surface area contributed by atoms with Gasteiger partial charge in [0.25, 0.3) is 11.8 Å². The number of carbonyl (C=O) groups excluding carboxylic acids is 3. The van der Waals surface area contributed by atoms with Crippen LogP contribution in [0.25, 0.3) is 21.6 Å². The lowest BCUT2D eigenvalue weighted by Gasteiger charge is -2.18. The first-order valence-corrected chi connectivity index (χ1v) is 17.3. The third-order valence-electron chi connectivity index (χ3n) is 8.07. The number of thiophene rings is 1. The van der Waals surface area contributed by atoms with Crippen LogP contribution in [0.1, 0.15) is 75.1 Å². The Labute approximate surface area is 296 Å². The van der Waals surface area contributed by atoms with Crippen LogP contribution in [0.4, 0.5) is 5.69 Å². The maximum Gasteiger partial charge on any atom is 0.357 e. The topological polar surface area (TPSA) is 153 Å². The highest BCUT2D eigenvalue weighted by atomic mass is 32.1. The molecule has 2 aromatic carbocycles. The summed E-state index contributed by atoms with van der Waals surface area (Å²) in [4.78, 5) is 45.5. The van der Waals surface area contributed by atoms with Gasteiger partial charge in [0, 0.05) is 58.9 Å². The van der Waals surface area contributed by atoms with Crippen LogP contribution in [0.5, 0.6) is 5.75 Å². The van der Waals surface area contributed by atoms with Crippen molar-refractivity contribution in [1.29, 1.82) is 0 Å². The number of pyridine rings is 1. The standard InChI is InChI=1S/C33H32N4O5S.C3H6S.CH4O/c1-41-33(40)29-23(10-11-27(37-29)32(39)36-21-4-2-3-5-21)24-17-28-26(30-20(12-14-42-28)13-15-43-30)16-25(24)31(38)35-22-8-6-19(18-34)7-9-22;1-2-3-4;1-2/h6-11,13,15-17,21H,2-5,12,14,18,34H2,1H3,(H,35,38)(H,36,39);2-4H,1H3;2H,1H3/b;3-2-;. The van der Waals surface area contributed by atoms with Gasteiger partial charge in [-0.15, -0.1) is 11.3 Å². The summed E-state index contributed by atoms with van der Waals surface area (Å²) in [6.45, 7) is 2.79. The molecule has 0 saturated heterocycles. The Morgan fingerprint density at radius 3 is 2.41 bits per heavy atom. The Bertz CT molecular complexity index is 1780. The largest absolute Gasteiger partial charge is 0.493 e. The average molecular weight is 703 g/mol. The van der Waals surface area contributed by atoms with E-state index in [1.54, 1.807) is 53.1 Å². The molecule has 1 fully saturated rings. The number of hydrogen-bond donors (Lipinski definition) is 5. The minimum atomic E-state index is -0.717. The molecule has 10 nitrogen and oxygen atoms in total. The molecule has 1 aliphatic heterocycles. The number of aromatic nitrogens is 1. The number of carbonyl (C=O) groups is 3. The van der Waals surface area contributed by atoms with E-state index in [1.807, 2.05) is 30.5 Å². The quantitative estimate of drug-likeness (QED) is 0.106. The van der Waals surface area contributed by atoms with E-state index in [4.69, 9.17) is 20.3 Å². The van der Waals surface area contributed by atoms with Crippen molar-refractivity contribution >= 4 is 47.4 Å². The van der Waals surface area contributed by atoms with Gasteiger partial charge >= 0.3 is 5.97 Å². The number of nitrogens with zero attached hydrogens (tertiary/aromatic N) is 1. The van der Waals surface area contributed by atoms with Crippen LogP contribution in [0.2, 0.25) is 0 Å². The van der Waals surface area contributed by atoms with Crippen LogP contribution >= 0.6 is 24.0 Å². The second-order valence-corrected chi connectivity index (χ2v) is 12.4. The Hall–Kier alpha value is -4.49. The summed E-state index contributed by atoms with van der Waals surface area (Å²) in [7, 11) is 2.26. The fourth-order valence-electron chi connectivity index (χ4n) is 5.63. The molecule has 2 aromatic heterocycles. The Morgan fingerprint density at radius 1 is 1.04 bits per heavy atom. The number of benzene rings is 2. The lowest BCUT2D eigenvalue weighted by molar-refractivity contribution is 0.0594. The number of ether oxygens (including phenoxy) is 2. The summed E-state index contributed by atoms with van der Waals surface area (Å²) in [5.41, 5.74) is 10.4. The molecule has 0 unspecified atom stereocenters. The van der Waals surface area contributed by atoms with Gasteiger partial charge in [0.2, 0.25) is 0 Å². The lowest BCUT2D eigenvalue weighted by Crippen LogP contribution is -2.33. The van der Waals surface area contributed by atoms with Gasteiger partial charge < -0.3 is 30.9 Å². The maximum absolute atomic E-state index is 13.9. The molecule has 49 heavy (non-hydrogen) atoms. The third-order valence-corrected chi connectivity index (χ3v) is 9.36. The smallest absolute Gasteiger partial charge is 0.357 e. The van der Waals surface area contributed by atoms with Gasteiger partial charge in [-0.1, -0.05) is 31.1 Å².